The highest BCUT2D eigenvalue weighted by atomic mass is 16.1. The van der Waals surface area contributed by atoms with E-state index in [0.29, 0.717) is 5.91 Å². The summed E-state index contributed by atoms with van der Waals surface area (Å²) in [6, 6.07) is 0. The van der Waals surface area contributed by atoms with E-state index in [4.69, 9.17) is 0 Å². The summed E-state index contributed by atoms with van der Waals surface area (Å²) in [4.78, 5) is 13.8. The number of carbonyl (C=O) groups is 1. The molecule has 2 rings (SSSR count). The Labute approximate surface area is 123 Å². The van der Waals surface area contributed by atoms with Crippen LogP contribution in [0.4, 0.5) is 0 Å². The van der Waals surface area contributed by atoms with Crippen molar-refractivity contribution in [2.45, 2.75) is 51.9 Å². The lowest BCUT2D eigenvalue weighted by Crippen LogP contribution is -3.13. The first kappa shape index (κ1) is 15.6. The minimum Gasteiger partial charge on any atom is -0.356 e. The summed E-state index contributed by atoms with van der Waals surface area (Å²) in [5.41, 5.74) is 0. The summed E-state index contributed by atoms with van der Waals surface area (Å²) in [5, 5.41) is 3.09. The Hall–Kier alpha value is -0.830. The zero-order valence-electron chi connectivity index (χ0n) is 13.0. The highest BCUT2D eigenvalue weighted by Crippen LogP contribution is 2.17. The van der Waals surface area contributed by atoms with E-state index in [1.165, 1.54) is 38.9 Å². The van der Waals surface area contributed by atoms with Crippen LogP contribution in [0.15, 0.2) is 12.2 Å². The second-order valence-electron chi connectivity index (χ2n) is 6.52. The molecule has 3 heteroatoms. The first-order valence-corrected chi connectivity index (χ1v) is 8.56. The molecule has 0 aromatic carbocycles. The lowest BCUT2D eigenvalue weighted by atomic mass is 9.91. The van der Waals surface area contributed by atoms with E-state index in [1.54, 1.807) is 4.90 Å². The number of quaternary nitrogens is 1. The van der Waals surface area contributed by atoms with E-state index in [2.05, 4.69) is 24.4 Å². The van der Waals surface area contributed by atoms with Gasteiger partial charge in [0, 0.05) is 31.2 Å². The van der Waals surface area contributed by atoms with Gasteiger partial charge >= 0.3 is 0 Å². The summed E-state index contributed by atoms with van der Waals surface area (Å²) < 4.78 is 0. The molecule has 20 heavy (non-hydrogen) atoms. The normalized spacial score (nSPS) is 30.1. The Morgan fingerprint density at radius 1 is 1.25 bits per heavy atom. The van der Waals surface area contributed by atoms with E-state index in [0.717, 1.165) is 38.1 Å². The summed E-state index contributed by atoms with van der Waals surface area (Å²) in [7, 11) is 0. The average Bonchev–Trinajstić information content (AvgIpc) is 2.49. The van der Waals surface area contributed by atoms with Gasteiger partial charge in [0.15, 0.2) is 0 Å². The minimum atomic E-state index is 0.279. The lowest BCUT2D eigenvalue weighted by molar-refractivity contribution is -0.909. The summed E-state index contributed by atoms with van der Waals surface area (Å²) in [5.74, 6) is 1.46. The maximum absolute atomic E-state index is 12.0. The van der Waals surface area contributed by atoms with Gasteiger partial charge in [0.2, 0.25) is 5.91 Å². The molecule has 0 spiro atoms. The van der Waals surface area contributed by atoms with E-state index in [9.17, 15) is 4.79 Å². The average molecular weight is 279 g/mol. The molecular weight excluding hydrogens is 248 g/mol. The van der Waals surface area contributed by atoms with Crippen LogP contribution in [0.25, 0.3) is 0 Å². The molecule has 0 aromatic rings. The van der Waals surface area contributed by atoms with E-state index < -0.39 is 0 Å². The van der Waals surface area contributed by atoms with Gasteiger partial charge in [-0.15, -0.1) is 0 Å². The van der Waals surface area contributed by atoms with Crippen molar-refractivity contribution in [2.24, 2.45) is 11.8 Å². The Balaban J connectivity index is 1.64. The van der Waals surface area contributed by atoms with Crippen molar-refractivity contribution in [3.63, 3.8) is 0 Å². The van der Waals surface area contributed by atoms with Gasteiger partial charge in [-0.05, 0) is 25.7 Å². The number of hydrogen-bond donors (Lipinski definition) is 2. The van der Waals surface area contributed by atoms with Crippen LogP contribution in [0.5, 0.6) is 0 Å². The fourth-order valence-corrected chi connectivity index (χ4v) is 3.48. The van der Waals surface area contributed by atoms with Crippen molar-refractivity contribution in [3.8, 4) is 0 Å². The lowest BCUT2D eigenvalue weighted by Gasteiger charge is -2.31. The molecule has 0 aromatic heterocycles. The van der Waals surface area contributed by atoms with Crippen LogP contribution < -0.4 is 10.2 Å². The molecule has 1 aliphatic carbocycles. The number of piperidine rings is 1. The van der Waals surface area contributed by atoms with E-state index in [1.807, 2.05) is 0 Å². The molecule has 2 N–H and O–H groups in total. The van der Waals surface area contributed by atoms with Crippen LogP contribution in [-0.2, 0) is 4.79 Å². The van der Waals surface area contributed by atoms with Gasteiger partial charge in [-0.1, -0.05) is 25.5 Å². The molecule has 0 unspecified atom stereocenters. The number of carbonyl (C=O) groups excluding carboxylic acids is 1. The van der Waals surface area contributed by atoms with E-state index >= 15 is 0 Å². The van der Waals surface area contributed by atoms with Crippen LogP contribution >= 0.6 is 0 Å². The fraction of sp³-hybridized carbons (Fsp3) is 0.824. The maximum atomic E-state index is 12.0. The zero-order chi connectivity index (χ0) is 14.2. The van der Waals surface area contributed by atoms with Crippen LogP contribution in [-0.4, -0.2) is 32.1 Å². The van der Waals surface area contributed by atoms with Gasteiger partial charge in [-0.3, -0.25) is 4.79 Å². The summed E-state index contributed by atoms with van der Waals surface area (Å²) >= 11 is 0. The van der Waals surface area contributed by atoms with Crippen molar-refractivity contribution in [3.05, 3.63) is 12.2 Å². The molecule has 1 saturated heterocycles. The second kappa shape index (κ2) is 8.46. The Bertz CT molecular complexity index is 319. The number of hydrogen-bond acceptors (Lipinski definition) is 1. The Kier molecular flexibility index (Phi) is 6.58. The third kappa shape index (κ3) is 4.93. The van der Waals surface area contributed by atoms with Crippen LogP contribution in [0.1, 0.15) is 51.9 Å². The molecule has 1 atom stereocenters. The van der Waals surface area contributed by atoms with Crippen LogP contribution in [0.3, 0.4) is 0 Å². The molecule has 1 heterocycles. The van der Waals surface area contributed by atoms with Crippen LogP contribution in [0.2, 0.25) is 0 Å². The topological polar surface area (TPSA) is 33.5 Å². The molecule has 3 nitrogen and oxygen atoms in total. The highest BCUT2D eigenvalue weighted by Gasteiger charge is 2.28. The van der Waals surface area contributed by atoms with Gasteiger partial charge in [-0.2, -0.15) is 0 Å². The molecule has 114 valence electrons. The largest absolute Gasteiger partial charge is 0.356 e. The van der Waals surface area contributed by atoms with Crippen molar-refractivity contribution in [1.29, 1.82) is 0 Å². The molecule has 1 amide bonds. The minimum absolute atomic E-state index is 0.279. The number of amides is 1. The van der Waals surface area contributed by atoms with Gasteiger partial charge < -0.3 is 10.2 Å². The van der Waals surface area contributed by atoms with Gasteiger partial charge in [0.25, 0.3) is 0 Å². The molecule has 0 bridgehead atoms. The highest BCUT2D eigenvalue weighted by molar-refractivity contribution is 5.78. The van der Waals surface area contributed by atoms with Crippen molar-refractivity contribution < 1.29 is 9.69 Å². The molecule has 0 radical (unpaired) electrons. The zero-order valence-corrected chi connectivity index (χ0v) is 13.0. The first-order valence-electron chi connectivity index (χ1n) is 8.56. The SMILES string of the molecule is CCCCNC(=O)C1CC[NH+](C[C@H]2CC=CCC2)CC1. The maximum Gasteiger partial charge on any atom is 0.223 e. The smallest absolute Gasteiger partial charge is 0.223 e. The predicted octanol–water partition coefficient (Wildman–Crippen LogP) is 1.55. The quantitative estimate of drug-likeness (QED) is 0.561. The van der Waals surface area contributed by atoms with Crippen molar-refractivity contribution in [2.75, 3.05) is 26.2 Å². The fourth-order valence-electron chi connectivity index (χ4n) is 3.48. The monoisotopic (exact) mass is 279 g/mol. The predicted molar refractivity (Wildman–Crippen MR) is 82.7 cm³/mol. The van der Waals surface area contributed by atoms with Gasteiger partial charge in [0.05, 0.1) is 19.6 Å². The third-order valence-corrected chi connectivity index (χ3v) is 4.85. The molecular formula is C17H31N2O+. The number of rotatable bonds is 6. The summed E-state index contributed by atoms with van der Waals surface area (Å²) in [6.07, 6.45) is 13.0. The number of allylic oxidation sites excluding steroid dienone is 2. The van der Waals surface area contributed by atoms with E-state index in [-0.39, 0.29) is 5.92 Å². The molecule has 1 fully saturated rings. The molecule has 0 saturated carbocycles. The van der Waals surface area contributed by atoms with Crippen molar-refractivity contribution in [1.82, 2.24) is 5.32 Å². The van der Waals surface area contributed by atoms with Gasteiger partial charge in [0.1, 0.15) is 0 Å². The number of likely N-dealkylation sites (tertiary alicyclic amines) is 1. The summed E-state index contributed by atoms with van der Waals surface area (Å²) in [6.45, 7) is 6.71. The third-order valence-electron chi connectivity index (χ3n) is 4.85. The Morgan fingerprint density at radius 2 is 2.05 bits per heavy atom. The van der Waals surface area contributed by atoms with Crippen molar-refractivity contribution >= 4 is 5.91 Å². The van der Waals surface area contributed by atoms with Crippen LogP contribution in [0, 0.1) is 11.8 Å². The first-order chi connectivity index (χ1) is 9.79. The number of unbranched alkanes of at least 4 members (excludes halogenated alkanes) is 1. The molecule has 2 aliphatic rings. The Morgan fingerprint density at radius 3 is 2.70 bits per heavy atom. The molecule has 1 aliphatic heterocycles. The number of nitrogens with one attached hydrogen (secondary N) is 2. The second-order valence-corrected chi connectivity index (χ2v) is 6.52. The standard InChI is InChI=1S/C17H30N2O/c1-2-3-11-18-17(20)16-9-12-19(13-10-16)14-15-7-5-4-6-8-15/h4-5,15-16H,2-3,6-14H2,1H3,(H,18,20)/p+1/t15-/m0/s1. The van der Waals surface area contributed by atoms with Gasteiger partial charge in [-0.25, -0.2) is 0 Å².